The van der Waals surface area contributed by atoms with Crippen LogP contribution in [0.1, 0.15) is 12.8 Å². The summed E-state index contributed by atoms with van der Waals surface area (Å²) in [6.07, 6.45) is -5.74. The number of hydrogen-bond donors (Lipinski definition) is 1. The predicted molar refractivity (Wildman–Crippen MR) is 42.4 cm³/mol. The first-order valence-electron chi connectivity index (χ1n) is 4.24. The summed E-state index contributed by atoms with van der Waals surface area (Å²) < 4.78 is 36.9. The van der Waals surface area contributed by atoms with Crippen LogP contribution in [0, 0.1) is 11.3 Å². The van der Waals surface area contributed by atoms with Gasteiger partial charge in [0.1, 0.15) is 6.42 Å². The van der Waals surface area contributed by atoms with Crippen LogP contribution in [0.5, 0.6) is 0 Å². The van der Waals surface area contributed by atoms with E-state index in [1.807, 2.05) is 0 Å². The maximum absolute atomic E-state index is 12.3. The van der Waals surface area contributed by atoms with Crippen LogP contribution in [0.3, 0.4) is 0 Å². The number of halogens is 3. The van der Waals surface area contributed by atoms with E-state index in [-0.39, 0.29) is 6.54 Å². The number of carbonyl (C=O) groups is 1. The van der Waals surface area contributed by atoms with E-state index in [4.69, 9.17) is 5.26 Å². The van der Waals surface area contributed by atoms with Crippen LogP contribution in [0.15, 0.2) is 0 Å². The molecule has 1 aliphatic heterocycles. The third-order valence-electron chi connectivity index (χ3n) is 2.36. The summed E-state index contributed by atoms with van der Waals surface area (Å²) in [7, 11) is 0. The molecule has 1 aliphatic rings. The number of likely N-dealkylation sites (tertiary alicyclic amines) is 1. The van der Waals surface area contributed by atoms with Gasteiger partial charge in [-0.15, -0.1) is 0 Å². The summed E-state index contributed by atoms with van der Waals surface area (Å²) in [4.78, 5) is 11.9. The van der Waals surface area contributed by atoms with E-state index >= 15 is 0 Å². The molecule has 1 heterocycles. The van der Waals surface area contributed by atoms with Crippen molar-refractivity contribution in [3.63, 3.8) is 0 Å². The highest BCUT2D eigenvalue weighted by Gasteiger charge is 2.57. The average molecular weight is 222 g/mol. The van der Waals surface area contributed by atoms with Gasteiger partial charge in [0.2, 0.25) is 5.91 Å². The van der Waals surface area contributed by atoms with Gasteiger partial charge in [0.25, 0.3) is 0 Å². The van der Waals surface area contributed by atoms with Crippen molar-refractivity contribution in [2.24, 2.45) is 0 Å². The van der Waals surface area contributed by atoms with Gasteiger partial charge in [-0.05, 0) is 0 Å². The molecule has 0 aromatic rings. The second kappa shape index (κ2) is 3.70. The first-order valence-corrected chi connectivity index (χ1v) is 4.24. The van der Waals surface area contributed by atoms with Crippen LogP contribution in [-0.2, 0) is 4.79 Å². The Morgan fingerprint density at radius 1 is 1.60 bits per heavy atom. The predicted octanol–water partition coefficient (Wildman–Crippen LogP) is 0.426. The number of carbonyl (C=O) groups excluding carboxylic acids is 1. The van der Waals surface area contributed by atoms with Crippen molar-refractivity contribution in [2.75, 3.05) is 13.1 Å². The second-order valence-electron chi connectivity index (χ2n) is 3.43. The molecule has 15 heavy (non-hydrogen) atoms. The largest absolute Gasteiger partial charge is 0.419 e. The molecule has 0 aromatic carbocycles. The number of aliphatic hydroxyl groups is 1. The van der Waals surface area contributed by atoms with Crippen molar-refractivity contribution in [3.05, 3.63) is 0 Å². The van der Waals surface area contributed by atoms with E-state index < -0.39 is 37.1 Å². The van der Waals surface area contributed by atoms with Crippen LogP contribution in [0.25, 0.3) is 0 Å². The Balaban J connectivity index is 2.68. The van der Waals surface area contributed by atoms with Crippen LogP contribution >= 0.6 is 0 Å². The quantitative estimate of drug-likeness (QED) is 0.699. The molecule has 0 unspecified atom stereocenters. The topological polar surface area (TPSA) is 64.3 Å². The molecule has 84 valence electrons. The maximum atomic E-state index is 12.3. The maximum Gasteiger partial charge on any atom is 0.419 e. The number of nitriles is 1. The molecule has 0 radical (unpaired) electrons. The van der Waals surface area contributed by atoms with E-state index in [1.54, 1.807) is 6.07 Å². The minimum atomic E-state index is -4.74. The number of alkyl halides is 3. The molecule has 1 amide bonds. The Labute approximate surface area is 83.9 Å². The van der Waals surface area contributed by atoms with E-state index in [1.165, 1.54) is 0 Å². The standard InChI is InChI=1S/C8H9F3N2O2/c9-8(10,11)7(15)2-4-13(5-7)6(14)1-3-12/h15H,1-2,4-5H2/t7-/m1/s1. The summed E-state index contributed by atoms with van der Waals surface area (Å²) >= 11 is 0. The Hall–Kier alpha value is -1.29. The van der Waals surface area contributed by atoms with Gasteiger partial charge >= 0.3 is 6.18 Å². The molecule has 4 nitrogen and oxygen atoms in total. The molecular formula is C8H9F3N2O2. The zero-order valence-electron chi connectivity index (χ0n) is 7.71. The van der Waals surface area contributed by atoms with Gasteiger partial charge in [-0.1, -0.05) is 0 Å². The lowest BCUT2D eigenvalue weighted by Crippen LogP contribution is -2.48. The van der Waals surface area contributed by atoms with E-state index in [9.17, 15) is 23.1 Å². The first kappa shape index (κ1) is 11.8. The lowest BCUT2D eigenvalue weighted by molar-refractivity contribution is -0.253. The van der Waals surface area contributed by atoms with Gasteiger partial charge < -0.3 is 10.0 Å². The molecule has 1 saturated heterocycles. The number of β-amino-alcohol motifs (C(OH)–C–C–N with tert-alkyl or cyclic N) is 1. The summed E-state index contributed by atoms with van der Waals surface area (Å²) in [5, 5.41) is 17.4. The summed E-state index contributed by atoms with van der Waals surface area (Å²) in [5.41, 5.74) is -2.82. The van der Waals surface area contributed by atoms with E-state index in [0.29, 0.717) is 0 Å². The molecule has 1 rings (SSSR count). The van der Waals surface area contributed by atoms with Gasteiger partial charge in [-0.25, -0.2) is 0 Å². The van der Waals surface area contributed by atoms with Crippen molar-refractivity contribution in [3.8, 4) is 6.07 Å². The Bertz CT molecular complexity index is 310. The fourth-order valence-corrected chi connectivity index (χ4v) is 1.42. The molecule has 1 fully saturated rings. The molecule has 0 spiro atoms. The van der Waals surface area contributed by atoms with E-state index in [0.717, 1.165) is 4.90 Å². The number of amides is 1. The number of nitrogens with zero attached hydrogens (tertiary/aromatic N) is 2. The lowest BCUT2D eigenvalue weighted by atomic mass is 10.0. The first-order chi connectivity index (χ1) is 6.80. The van der Waals surface area contributed by atoms with Crippen molar-refractivity contribution in [2.45, 2.75) is 24.6 Å². The number of hydrogen-bond acceptors (Lipinski definition) is 3. The highest BCUT2D eigenvalue weighted by atomic mass is 19.4. The third-order valence-corrected chi connectivity index (χ3v) is 2.36. The van der Waals surface area contributed by atoms with Crippen molar-refractivity contribution >= 4 is 5.91 Å². The second-order valence-corrected chi connectivity index (χ2v) is 3.43. The lowest BCUT2D eigenvalue weighted by Gasteiger charge is -2.25. The molecule has 0 aromatic heterocycles. The summed E-state index contributed by atoms with van der Waals surface area (Å²) in [6.45, 7) is -0.951. The zero-order valence-corrected chi connectivity index (χ0v) is 7.71. The van der Waals surface area contributed by atoms with Crippen molar-refractivity contribution in [1.82, 2.24) is 4.90 Å². The molecule has 1 atom stereocenters. The molecule has 0 bridgehead atoms. The van der Waals surface area contributed by atoms with Gasteiger partial charge in [0, 0.05) is 13.0 Å². The minimum Gasteiger partial charge on any atom is -0.379 e. The Morgan fingerprint density at radius 2 is 2.20 bits per heavy atom. The van der Waals surface area contributed by atoms with Crippen molar-refractivity contribution in [1.29, 1.82) is 5.26 Å². The monoisotopic (exact) mass is 222 g/mol. The van der Waals surface area contributed by atoms with Crippen LogP contribution in [0.2, 0.25) is 0 Å². The van der Waals surface area contributed by atoms with Gasteiger partial charge in [0.05, 0.1) is 12.6 Å². The third kappa shape index (κ3) is 2.21. The van der Waals surface area contributed by atoms with Gasteiger partial charge in [-0.3, -0.25) is 4.79 Å². The Kier molecular flexibility index (Phi) is 2.90. The molecule has 0 saturated carbocycles. The Morgan fingerprint density at radius 3 is 2.60 bits per heavy atom. The highest BCUT2D eigenvalue weighted by molar-refractivity contribution is 5.78. The SMILES string of the molecule is N#CCC(=O)N1CC[C@](O)(C(F)(F)F)C1. The van der Waals surface area contributed by atoms with E-state index in [2.05, 4.69) is 0 Å². The van der Waals surface area contributed by atoms with Gasteiger partial charge in [-0.2, -0.15) is 18.4 Å². The zero-order chi connectivity index (χ0) is 11.7. The van der Waals surface area contributed by atoms with Crippen molar-refractivity contribution < 1.29 is 23.1 Å². The normalized spacial score (nSPS) is 26.5. The molecule has 7 heteroatoms. The number of rotatable bonds is 1. The molecule has 1 N–H and O–H groups in total. The van der Waals surface area contributed by atoms with Crippen LogP contribution in [0.4, 0.5) is 13.2 Å². The molecular weight excluding hydrogens is 213 g/mol. The fraction of sp³-hybridized carbons (Fsp3) is 0.750. The van der Waals surface area contributed by atoms with Crippen LogP contribution in [-0.4, -0.2) is 40.8 Å². The average Bonchev–Trinajstić information content (AvgIpc) is 2.48. The molecule has 0 aliphatic carbocycles. The fourth-order valence-electron chi connectivity index (χ4n) is 1.42. The smallest absolute Gasteiger partial charge is 0.379 e. The van der Waals surface area contributed by atoms with Crippen LogP contribution < -0.4 is 0 Å². The minimum absolute atomic E-state index is 0.170. The van der Waals surface area contributed by atoms with Gasteiger partial charge in [0.15, 0.2) is 5.60 Å². The summed E-state index contributed by atoms with van der Waals surface area (Å²) in [6, 6.07) is 1.56. The summed E-state index contributed by atoms with van der Waals surface area (Å²) in [5.74, 6) is -0.683. The highest BCUT2D eigenvalue weighted by Crippen LogP contribution is 2.37.